The molecular weight excluding hydrogens is 220 g/mol. The predicted molar refractivity (Wildman–Crippen MR) is 67.4 cm³/mol. The molecule has 1 saturated carbocycles. The van der Waals surface area contributed by atoms with Gasteiger partial charge >= 0.3 is 0 Å². The highest BCUT2D eigenvalue weighted by Crippen LogP contribution is 2.41. The second kappa shape index (κ2) is 4.30. The van der Waals surface area contributed by atoms with Gasteiger partial charge in [-0.1, -0.05) is 0 Å². The zero-order valence-electron chi connectivity index (χ0n) is 10.0. The summed E-state index contributed by atoms with van der Waals surface area (Å²) in [4.78, 5) is 1.26. The molecule has 0 saturated heterocycles. The van der Waals surface area contributed by atoms with Crippen molar-refractivity contribution in [2.45, 2.75) is 36.7 Å². The van der Waals surface area contributed by atoms with Gasteiger partial charge in [0, 0.05) is 11.3 Å². The van der Waals surface area contributed by atoms with Crippen LogP contribution < -0.4 is 4.74 Å². The fourth-order valence-electron chi connectivity index (χ4n) is 1.93. The van der Waals surface area contributed by atoms with Gasteiger partial charge in [0.15, 0.2) is 0 Å². The monoisotopic (exact) mass is 238 g/mol. The molecule has 1 aromatic carbocycles. The van der Waals surface area contributed by atoms with Crippen LogP contribution in [0.15, 0.2) is 17.0 Å². The maximum Gasteiger partial charge on any atom is 0.122 e. The molecule has 0 aromatic heterocycles. The van der Waals surface area contributed by atoms with Gasteiger partial charge in [0.05, 0.1) is 12.7 Å². The molecule has 0 bridgehead atoms. The molecule has 1 aromatic rings. The SMILES string of the molecule is COc1cc(C)c(SC)cc1CC1(O)CC1. The standard InChI is InChI=1S/C13H18O2S/c1-9-6-11(15-2)10(7-12(9)16-3)8-13(14)4-5-13/h6-7,14H,4-5,8H2,1-3H3. The third kappa shape index (κ3) is 2.36. The zero-order valence-corrected chi connectivity index (χ0v) is 10.9. The van der Waals surface area contributed by atoms with Gasteiger partial charge in [0.25, 0.3) is 0 Å². The van der Waals surface area contributed by atoms with E-state index in [1.807, 2.05) is 0 Å². The van der Waals surface area contributed by atoms with E-state index in [1.54, 1.807) is 18.9 Å². The van der Waals surface area contributed by atoms with Crippen LogP contribution in [0.5, 0.6) is 5.75 Å². The van der Waals surface area contributed by atoms with E-state index in [0.29, 0.717) is 6.42 Å². The van der Waals surface area contributed by atoms with Crippen LogP contribution in [0.4, 0.5) is 0 Å². The van der Waals surface area contributed by atoms with Crippen LogP contribution in [-0.2, 0) is 6.42 Å². The van der Waals surface area contributed by atoms with E-state index < -0.39 is 5.60 Å². The molecule has 2 rings (SSSR count). The van der Waals surface area contributed by atoms with Crippen molar-refractivity contribution >= 4 is 11.8 Å². The normalized spacial score (nSPS) is 17.2. The maximum atomic E-state index is 9.97. The summed E-state index contributed by atoms with van der Waals surface area (Å²) in [7, 11) is 1.69. The lowest BCUT2D eigenvalue weighted by Gasteiger charge is -2.15. The van der Waals surface area contributed by atoms with Crippen molar-refractivity contribution in [3.8, 4) is 5.75 Å². The van der Waals surface area contributed by atoms with Crippen LogP contribution in [-0.4, -0.2) is 24.1 Å². The Morgan fingerprint density at radius 2 is 2.12 bits per heavy atom. The molecule has 1 aliphatic rings. The van der Waals surface area contributed by atoms with E-state index in [-0.39, 0.29) is 0 Å². The summed E-state index contributed by atoms with van der Waals surface area (Å²) in [5.41, 5.74) is 1.89. The molecular formula is C13H18O2S. The molecule has 0 heterocycles. The van der Waals surface area contributed by atoms with Crippen LogP contribution in [0.1, 0.15) is 24.0 Å². The third-order valence-electron chi connectivity index (χ3n) is 3.14. The van der Waals surface area contributed by atoms with Gasteiger partial charge in [-0.25, -0.2) is 0 Å². The van der Waals surface area contributed by atoms with Gasteiger partial charge < -0.3 is 9.84 Å². The van der Waals surface area contributed by atoms with Crippen LogP contribution in [0.2, 0.25) is 0 Å². The fraction of sp³-hybridized carbons (Fsp3) is 0.538. The Kier molecular flexibility index (Phi) is 3.17. The van der Waals surface area contributed by atoms with Gasteiger partial charge in [-0.05, 0) is 49.3 Å². The van der Waals surface area contributed by atoms with Gasteiger partial charge in [-0.15, -0.1) is 11.8 Å². The Morgan fingerprint density at radius 1 is 1.44 bits per heavy atom. The first-order chi connectivity index (χ1) is 7.58. The van der Waals surface area contributed by atoms with Crippen LogP contribution in [0.25, 0.3) is 0 Å². The largest absolute Gasteiger partial charge is 0.496 e. The number of thioether (sulfide) groups is 1. The summed E-state index contributed by atoms with van der Waals surface area (Å²) in [6.45, 7) is 2.09. The first-order valence-electron chi connectivity index (χ1n) is 5.52. The average Bonchev–Trinajstić information content (AvgIpc) is 2.98. The summed E-state index contributed by atoms with van der Waals surface area (Å²) >= 11 is 1.74. The first kappa shape index (κ1) is 11.8. The summed E-state index contributed by atoms with van der Waals surface area (Å²) < 4.78 is 5.38. The lowest BCUT2D eigenvalue weighted by Crippen LogP contribution is -2.11. The van der Waals surface area contributed by atoms with E-state index in [9.17, 15) is 5.11 Å². The molecule has 0 unspecified atom stereocenters. The average molecular weight is 238 g/mol. The van der Waals surface area contributed by atoms with Gasteiger partial charge in [-0.3, -0.25) is 0 Å². The molecule has 1 aliphatic carbocycles. The Balaban J connectivity index is 2.33. The Labute approximate surface area is 101 Å². The Morgan fingerprint density at radius 3 is 2.62 bits per heavy atom. The molecule has 3 heteroatoms. The van der Waals surface area contributed by atoms with Gasteiger partial charge in [-0.2, -0.15) is 0 Å². The van der Waals surface area contributed by atoms with Crippen molar-refractivity contribution in [3.05, 3.63) is 23.3 Å². The van der Waals surface area contributed by atoms with E-state index >= 15 is 0 Å². The molecule has 0 spiro atoms. The predicted octanol–water partition coefficient (Wildman–Crippen LogP) is 2.79. The van der Waals surface area contributed by atoms with Crippen molar-refractivity contribution in [3.63, 3.8) is 0 Å². The third-order valence-corrected chi connectivity index (χ3v) is 4.02. The van der Waals surface area contributed by atoms with E-state index in [2.05, 4.69) is 25.3 Å². The second-order valence-corrected chi connectivity index (χ2v) is 5.38. The molecule has 88 valence electrons. The minimum atomic E-state index is -0.460. The molecule has 0 radical (unpaired) electrons. The van der Waals surface area contributed by atoms with Crippen LogP contribution >= 0.6 is 11.8 Å². The fourth-order valence-corrected chi connectivity index (χ4v) is 2.57. The number of hydrogen-bond donors (Lipinski definition) is 1. The number of aryl methyl sites for hydroxylation is 1. The van der Waals surface area contributed by atoms with Crippen molar-refractivity contribution in [2.75, 3.05) is 13.4 Å². The zero-order chi connectivity index (χ0) is 11.8. The van der Waals surface area contributed by atoms with Gasteiger partial charge in [0.2, 0.25) is 0 Å². The first-order valence-corrected chi connectivity index (χ1v) is 6.74. The molecule has 1 fully saturated rings. The topological polar surface area (TPSA) is 29.5 Å². The smallest absolute Gasteiger partial charge is 0.122 e. The number of rotatable bonds is 4. The number of benzene rings is 1. The van der Waals surface area contributed by atoms with Crippen molar-refractivity contribution in [1.82, 2.24) is 0 Å². The van der Waals surface area contributed by atoms with Gasteiger partial charge in [0.1, 0.15) is 5.75 Å². The van der Waals surface area contributed by atoms with E-state index in [4.69, 9.17) is 4.74 Å². The molecule has 2 nitrogen and oxygen atoms in total. The lowest BCUT2D eigenvalue weighted by molar-refractivity contribution is 0.150. The van der Waals surface area contributed by atoms with Crippen molar-refractivity contribution < 1.29 is 9.84 Å². The van der Waals surface area contributed by atoms with E-state index in [1.165, 1.54) is 10.5 Å². The molecule has 0 atom stereocenters. The lowest BCUT2D eigenvalue weighted by atomic mass is 10.0. The highest BCUT2D eigenvalue weighted by atomic mass is 32.2. The Hall–Kier alpha value is -0.670. The minimum absolute atomic E-state index is 0.460. The van der Waals surface area contributed by atoms with Crippen molar-refractivity contribution in [1.29, 1.82) is 0 Å². The maximum absolute atomic E-state index is 9.97. The highest BCUT2D eigenvalue weighted by Gasteiger charge is 2.40. The molecule has 0 amide bonds. The number of aliphatic hydroxyl groups is 1. The number of methoxy groups -OCH3 is 1. The summed E-state index contributed by atoms with van der Waals surface area (Å²) in [5.74, 6) is 0.899. The molecule has 0 aliphatic heterocycles. The quantitative estimate of drug-likeness (QED) is 0.818. The highest BCUT2D eigenvalue weighted by molar-refractivity contribution is 7.98. The van der Waals surface area contributed by atoms with Crippen LogP contribution in [0.3, 0.4) is 0 Å². The Bertz CT molecular complexity index is 397. The van der Waals surface area contributed by atoms with Crippen molar-refractivity contribution in [2.24, 2.45) is 0 Å². The molecule has 1 N–H and O–H groups in total. The van der Waals surface area contributed by atoms with Crippen LogP contribution in [0, 0.1) is 6.92 Å². The number of ether oxygens (including phenoxy) is 1. The molecule has 16 heavy (non-hydrogen) atoms. The summed E-state index contributed by atoms with van der Waals surface area (Å²) in [5, 5.41) is 9.97. The van der Waals surface area contributed by atoms with E-state index in [0.717, 1.165) is 24.2 Å². The second-order valence-electron chi connectivity index (χ2n) is 4.53. The summed E-state index contributed by atoms with van der Waals surface area (Å²) in [6.07, 6.45) is 4.62. The summed E-state index contributed by atoms with van der Waals surface area (Å²) in [6, 6.07) is 4.21. The minimum Gasteiger partial charge on any atom is -0.496 e. The number of hydrogen-bond acceptors (Lipinski definition) is 3.